The Bertz CT molecular complexity index is 622. The Kier molecular flexibility index (Phi) is 5.39. The molecular weight excluding hydrogens is 322 g/mol. The number of rotatable bonds is 4. The Hall–Kier alpha value is -1.93. The monoisotopic (exact) mass is 349 g/mol. The normalized spacial score (nSPS) is 29.6. The van der Waals surface area contributed by atoms with Gasteiger partial charge in [-0.05, 0) is 33.1 Å². The van der Waals surface area contributed by atoms with Gasteiger partial charge in [0.25, 0.3) is 0 Å². The average molecular weight is 349 g/mol. The van der Waals surface area contributed by atoms with Gasteiger partial charge in [0.1, 0.15) is 6.54 Å². The van der Waals surface area contributed by atoms with Crippen LogP contribution in [0.25, 0.3) is 0 Å². The van der Waals surface area contributed by atoms with E-state index in [-0.39, 0.29) is 42.5 Å². The van der Waals surface area contributed by atoms with Gasteiger partial charge >= 0.3 is 0 Å². The van der Waals surface area contributed by atoms with Gasteiger partial charge in [0.15, 0.2) is 0 Å². The zero-order valence-electron chi connectivity index (χ0n) is 14.9. The van der Waals surface area contributed by atoms with Crippen LogP contribution in [0.2, 0.25) is 0 Å². The number of carbonyl (C=O) groups is 2. The fourth-order valence-corrected chi connectivity index (χ4v) is 3.63. The van der Waals surface area contributed by atoms with Crippen LogP contribution in [0, 0.1) is 5.92 Å². The predicted molar refractivity (Wildman–Crippen MR) is 92.8 cm³/mol. The highest BCUT2D eigenvalue weighted by atomic mass is 16.5. The first-order valence-electron chi connectivity index (χ1n) is 8.93. The summed E-state index contributed by atoms with van der Waals surface area (Å²) in [6.45, 7) is 5.27. The van der Waals surface area contributed by atoms with E-state index in [1.165, 1.54) is 0 Å². The highest BCUT2D eigenvalue weighted by molar-refractivity contribution is 5.92. The molecule has 2 heterocycles. The Morgan fingerprint density at radius 3 is 2.68 bits per heavy atom. The van der Waals surface area contributed by atoms with Gasteiger partial charge in [0, 0.05) is 31.2 Å². The maximum Gasteiger partial charge on any atom is 0.244 e. The summed E-state index contributed by atoms with van der Waals surface area (Å²) in [4.78, 5) is 26.5. The molecule has 4 unspecified atom stereocenters. The summed E-state index contributed by atoms with van der Waals surface area (Å²) in [7, 11) is 0. The smallest absolute Gasteiger partial charge is 0.244 e. The lowest BCUT2D eigenvalue weighted by Crippen LogP contribution is -2.49. The molecule has 4 atom stereocenters. The van der Waals surface area contributed by atoms with Crippen LogP contribution >= 0.6 is 0 Å². The summed E-state index contributed by atoms with van der Waals surface area (Å²) < 4.78 is 7.21. The lowest BCUT2D eigenvalue weighted by Gasteiger charge is -2.35. The van der Waals surface area contributed by atoms with E-state index >= 15 is 0 Å². The van der Waals surface area contributed by atoms with Crippen LogP contribution in [-0.2, 0) is 20.9 Å². The van der Waals surface area contributed by atoms with Crippen LogP contribution in [0.15, 0.2) is 12.4 Å². The molecule has 0 bridgehead atoms. The topological polar surface area (TPSA) is 102 Å². The van der Waals surface area contributed by atoms with Crippen LogP contribution in [-0.4, -0.2) is 57.8 Å². The largest absolute Gasteiger partial charge is 0.372 e. The lowest BCUT2D eigenvalue weighted by atomic mass is 10.1. The van der Waals surface area contributed by atoms with E-state index in [0.717, 1.165) is 19.3 Å². The van der Waals surface area contributed by atoms with Gasteiger partial charge in [-0.25, -0.2) is 0 Å². The zero-order valence-corrected chi connectivity index (χ0v) is 14.9. The molecule has 25 heavy (non-hydrogen) atoms. The van der Waals surface area contributed by atoms with Crippen molar-refractivity contribution < 1.29 is 14.3 Å². The summed E-state index contributed by atoms with van der Waals surface area (Å²) in [6, 6.07) is 0.120. The van der Waals surface area contributed by atoms with E-state index in [1.54, 1.807) is 22.0 Å². The molecule has 138 valence electrons. The molecule has 0 spiro atoms. The average Bonchev–Trinajstić information content (AvgIpc) is 3.15. The standard InChI is InChI=1S/C17H27N5O3/c1-11-7-21(8-12(2)25-11)16(23)10-22-9-15(6-19-22)20-17(24)13-3-4-14(18)5-13/h6,9,11-14H,3-5,7-8,10,18H2,1-2H3,(H,20,24). The van der Waals surface area contributed by atoms with E-state index in [4.69, 9.17) is 10.5 Å². The second kappa shape index (κ2) is 7.53. The molecule has 3 N–H and O–H groups in total. The number of aromatic nitrogens is 2. The molecule has 1 aliphatic heterocycles. The number of carbonyl (C=O) groups excluding carboxylic acids is 2. The summed E-state index contributed by atoms with van der Waals surface area (Å²) in [5, 5.41) is 7.05. The van der Waals surface area contributed by atoms with E-state index in [9.17, 15) is 9.59 Å². The fraction of sp³-hybridized carbons (Fsp3) is 0.706. The maximum absolute atomic E-state index is 12.4. The Balaban J connectivity index is 1.53. The molecule has 1 aliphatic carbocycles. The lowest BCUT2D eigenvalue weighted by molar-refractivity contribution is -0.144. The minimum atomic E-state index is -0.0312. The van der Waals surface area contributed by atoms with Crippen molar-refractivity contribution in [1.82, 2.24) is 14.7 Å². The van der Waals surface area contributed by atoms with E-state index in [0.29, 0.717) is 18.8 Å². The molecule has 1 aromatic heterocycles. The van der Waals surface area contributed by atoms with Gasteiger partial charge in [-0.1, -0.05) is 0 Å². The molecule has 2 amide bonds. The van der Waals surface area contributed by atoms with Gasteiger partial charge in [-0.2, -0.15) is 5.10 Å². The quantitative estimate of drug-likeness (QED) is 0.828. The van der Waals surface area contributed by atoms with Gasteiger partial charge in [0.05, 0.1) is 24.1 Å². The van der Waals surface area contributed by atoms with Crippen molar-refractivity contribution in [2.24, 2.45) is 11.7 Å². The van der Waals surface area contributed by atoms with Crippen LogP contribution in [0.1, 0.15) is 33.1 Å². The van der Waals surface area contributed by atoms with Gasteiger partial charge in [0.2, 0.25) is 11.8 Å². The molecule has 1 saturated carbocycles. The van der Waals surface area contributed by atoms with Crippen molar-refractivity contribution in [3.8, 4) is 0 Å². The van der Waals surface area contributed by atoms with Crippen LogP contribution in [0.5, 0.6) is 0 Å². The van der Waals surface area contributed by atoms with Gasteiger partial charge in [-0.3, -0.25) is 14.3 Å². The number of hydrogen-bond donors (Lipinski definition) is 2. The Morgan fingerprint density at radius 1 is 1.32 bits per heavy atom. The van der Waals surface area contributed by atoms with Crippen molar-refractivity contribution >= 4 is 17.5 Å². The SMILES string of the molecule is CC1CN(C(=O)Cn2cc(NC(=O)C3CCC(N)C3)cn2)CC(C)O1. The molecule has 2 fully saturated rings. The molecule has 2 aliphatic rings. The van der Waals surface area contributed by atoms with Crippen LogP contribution < -0.4 is 11.1 Å². The van der Waals surface area contributed by atoms with Crippen molar-refractivity contribution in [3.05, 3.63) is 12.4 Å². The number of nitrogens with two attached hydrogens (primary N) is 1. The van der Waals surface area contributed by atoms with Crippen molar-refractivity contribution in [2.45, 2.75) is 57.9 Å². The number of amides is 2. The fourth-order valence-electron chi connectivity index (χ4n) is 3.63. The number of morpholine rings is 1. The maximum atomic E-state index is 12.4. The number of hydrogen-bond acceptors (Lipinski definition) is 5. The Labute approximate surface area is 147 Å². The van der Waals surface area contributed by atoms with E-state index in [1.807, 2.05) is 13.8 Å². The molecule has 0 radical (unpaired) electrons. The highest BCUT2D eigenvalue weighted by Crippen LogP contribution is 2.25. The number of ether oxygens (including phenoxy) is 1. The summed E-state index contributed by atoms with van der Waals surface area (Å²) >= 11 is 0. The molecule has 8 nitrogen and oxygen atoms in total. The summed E-state index contributed by atoms with van der Waals surface area (Å²) in [5.74, 6) is -0.0456. The minimum Gasteiger partial charge on any atom is -0.372 e. The molecule has 0 aromatic carbocycles. The Morgan fingerprint density at radius 2 is 2.04 bits per heavy atom. The van der Waals surface area contributed by atoms with Crippen LogP contribution in [0.4, 0.5) is 5.69 Å². The molecule has 3 rings (SSSR count). The molecule has 8 heteroatoms. The number of nitrogens with one attached hydrogen (secondary N) is 1. The first kappa shape index (κ1) is 17.9. The number of anilines is 1. The minimum absolute atomic E-state index is 0.00439. The third kappa shape index (κ3) is 4.58. The van der Waals surface area contributed by atoms with E-state index < -0.39 is 0 Å². The third-order valence-electron chi connectivity index (χ3n) is 4.81. The van der Waals surface area contributed by atoms with E-state index in [2.05, 4.69) is 10.4 Å². The predicted octanol–water partition coefficient (Wildman–Crippen LogP) is 0.585. The van der Waals surface area contributed by atoms with Gasteiger partial charge < -0.3 is 20.7 Å². The zero-order chi connectivity index (χ0) is 18.0. The third-order valence-corrected chi connectivity index (χ3v) is 4.81. The molecule has 1 aromatic rings. The molecular formula is C17H27N5O3. The summed E-state index contributed by atoms with van der Waals surface area (Å²) in [6.07, 6.45) is 5.79. The first-order valence-corrected chi connectivity index (χ1v) is 8.93. The first-order chi connectivity index (χ1) is 11.9. The summed E-state index contributed by atoms with van der Waals surface area (Å²) in [5.41, 5.74) is 6.47. The second-order valence-electron chi connectivity index (χ2n) is 7.24. The van der Waals surface area contributed by atoms with Crippen LogP contribution in [0.3, 0.4) is 0 Å². The van der Waals surface area contributed by atoms with Gasteiger partial charge in [-0.15, -0.1) is 0 Å². The van der Waals surface area contributed by atoms with Crippen molar-refractivity contribution in [1.29, 1.82) is 0 Å². The van der Waals surface area contributed by atoms with Crippen molar-refractivity contribution in [3.63, 3.8) is 0 Å². The second-order valence-corrected chi connectivity index (χ2v) is 7.24. The highest BCUT2D eigenvalue weighted by Gasteiger charge is 2.28. The molecule has 1 saturated heterocycles. The van der Waals surface area contributed by atoms with Crippen molar-refractivity contribution in [2.75, 3.05) is 18.4 Å². The number of nitrogens with zero attached hydrogens (tertiary/aromatic N) is 3.